The largest absolute Gasteiger partial charge is 0.343 e. The number of aromatic nitrogens is 2. The molecule has 0 bridgehead atoms. The molecule has 1 amide bonds. The lowest BCUT2D eigenvalue weighted by atomic mass is 10.1. The van der Waals surface area contributed by atoms with Crippen molar-refractivity contribution < 1.29 is 14.1 Å². The van der Waals surface area contributed by atoms with Crippen molar-refractivity contribution in [2.24, 2.45) is 0 Å². The highest BCUT2D eigenvalue weighted by molar-refractivity contribution is 6.52. The molecule has 3 rings (SSSR count). The standard InChI is InChI=1S/C13H11N3O3/c1-2-8-3-4-10-9(5-8)12(17)13(18)16(10)6-11-14-7-19-15-11/h3-5,7H,2,6H2,1H3. The van der Waals surface area contributed by atoms with E-state index >= 15 is 0 Å². The maximum absolute atomic E-state index is 12.0. The molecule has 0 N–H and O–H groups in total. The first-order valence-corrected chi connectivity index (χ1v) is 5.95. The Kier molecular flexibility index (Phi) is 2.63. The highest BCUT2D eigenvalue weighted by Crippen LogP contribution is 2.30. The first-order valence-electron chi connectivity index (χ1n) is 5.95. The number of benzene rings is 1. The van der Waals surface area contributed by atoms with Gasteiger partial charge in [-0.15, -0.1) is 0 Å². The summed E-state index contributed by atoms with van der Waals surface area (Å²) in [6, 6.07) is 5.47. The Hall–Kier alpha value is -2.50. The Labute approximate surface area is 109 Å². The summed E-state index contributed by atoms with van der Waals surface area (Å²) in [6.07, 6.45) is 2.01. The van der Waals surface area contributed by atoms with Crippen molar-refractivity contribution in [2.75, 3.05) is 4.90 Å². The fourth-order valence-corrected chi connectivity index (χ4v) is 2.13. The third kappa shape index (κ3) is 1.81. The quantitative estimate of drug-likeness (QED) is 0.776. The van der Waals surface area contributed by atoms with Gasteiger partial charge in [-0.2, -0.15) is 4.98 Å². The van der Waals surface area contributed by atoms with Gasteiger partial charge in [0, 0.05) is 0 Å². The molecule has 0 saturated carbocycles. The molecule has 6 nitrogen and oxygen atoms in total. The third-order valence-corrected chi connectivity index (χ3v) is 3.15. The van der Waals surface area contributed by atoms with Gasteiger partial charge < -0.3 is 4.52 Å². The number of aryl methyl sites for hydroxylation is 1. The summed E-state index contributed by atoms with van der Waals surface area (Å²) in [5, 5.41) is 3.65. The number of nitrogens with zero attached hydrogens (tertiary/aromatic N) is 3. The third-order valence-electron chi connectivity index (χ3n) is 3.15. The number of hydrogen-bond acceptors (Lipinski definition) is 5. The topological polar surface area (TPSA) is 76.3 Å². The van der Waals surface area contributed by atoms with Crippen molar-refractivity contribution in [1.29, 1.82) is 0 Å². The van der Waals surface area contributed by atoms with Crippen LogP contribution < -0.4 is 4.90 Å². The first kappa shape index (κ1) is 11.6. The number of Topliss-reactive ketones (excluding diaryl/α,β-unsaturated/α-hetero) is 1. The van der Waals surface area contributed by atoms with E-state index in [0.29, 0.717) is 17.1 Å². The Bertz CT molecular complexity index is 649. The van der Waals surface area contributed by atoms with Gasteiger partial charge in [-0.25, -0.2) is 0 Å². The lowest BCUT2D eigenvalue weighted by Crippen LogP contribution is -2.29. The molecule has 0 radical (unpaired) electrons. The molecule has 2 aromatic rings. The maximum Gasteiger partial charge on any atom is 0.299 e. The number of amides is 1. The average Bonchev–Trinajstić information content (AvgIpc) is 3.02. The van der Waals surface area contributed by atoms with Gasteiger partial charge in [-0.3, -0.25) is 14.5 Å². The molecule has 0 fully saturated rings. The highest BCUT2D eigenvalue weighted by Gasteiger charge is 2.36. The van der Waals surface area contributed by atoms with Crippen LogP contribution in [0.3, 0.4) is 0 Å². The SMILES string of the molecule is CCc1ccc2c(c1)C(=O)C(=O)N2Cc1ncon1. The zero-order valence-corrected chi connectivity index (χ0v) is 10.3. The molecular weight excluding hydrogens is 246 g/mol. The van der Waals surface area contributed by atoms with E-state index in [1.807, 2.05) is 13.0 Å². The minimum Gasteiger partial charge on any atom is -0.343 e. The summed E-state index contributed by atoms with van der Waals surface area (Å²) in [6.45, 7) is 2.14. The van der Waals surface area contributed by atoms with Gasteiger partial charge in [0.25, 0.3) is 11.7 Å². The van der Waals surface area contributed by atoms with Crippen LogP contribution in [-0.4, -0.2) is 21.8 Å². The fourth-order valence-electron chi connectivity index (χ4n) is 2.13. The minimum absolute atomic E-state index is 0.138. The second-order valence-electron chi connectivity index (χ2n) is 4.27. The van der Waals surface area contributed by atoms with Gasteiger partial charge in [-0.1, -0.05) is 18.1 Å². The molecule has 1 aliphatic heterocycles. The lowest BCUT2D eigenvalue weighted by Gasteiger charge is -2.14. The summed E-state index contributed by atoms with van der Waals surface area (Å²) in [5.74, 6) is -0.657. The van der Waals surface area contributed by atoms with E-state index in [4.69, 9.17) is 0 Å². The molecule has 96 valence electrons. The molecule has 0 saturated heterocycles. The summed E-state index contributed by atoms with van der Waals surface area (Å²) < 4.78 is 4.63. The molecule has 0 aliphatic carbocycles. The Morgan fingerprint density at radius 1 is 1.32 bits per heavy atom. The van der Waals surface area contributed by atoms with Gasteiger partial charge in [0.05, 0.1) is 17.8 Å². The van der Waals surface area contributed by atoms with Crippen LogP contribution in [0.5, 0.6) is 0 Å². The smallest absolute Gasteiger partial charge is 0.299 e. The number of ketones is 1. The van der Waals surface area contributed by atoms with Crippen LogP contribution in [0, 0.1) is 0 Å². The number of fused-ring (bicyclic) bond motifs is 1. The van der Waals surface area contributed by atoms with E-state index in [9.17, 15) is 9.59 Å². The Balaban J connectivity index is 2.00. The van der Waals surface area contributed by atoms with Crippen molar-refractivity contribution in [3.63, 3.8) is 0 Å². The molecule has 0 unspecified atom stereocenters. The van der Waals surface area contributed by atoms with Gasteiger partial charge in [0.1, 0.15) is 0 Å². The van der Waals surface area contributed by atoms with Crippen LogP contribution in [0.4, 0.5) is 5.69 Å². The highest BCUT2D eigenvalue weighted by atomic mass is 16.5. The van der Waals surface area contributed by atoms with Crippen LogP contribution in [0.15, 0.2) is 29.1 Å². The zero-order valence-electron chi connectivity index (χ0n) is 10.3. The number of hydrogen-bond donors (Lipinski definition) is 0. The fraction of sp³-hybridized carbons (Fsp3) is 0.231. The molecule has 0 atom stereocenters. The van der Waals surface area contributed by atoms with Crippen molar-refractivity contribution in [3.05, 3.63) is 41.5 Å². The van der Waals surface area contributed by atoms with Gasteiger partial charge in [0.2, 0.25) is 6.39 Å². The zero-order chi connectivity index (χ0) is 13.4. The average molecular weight is 257 g/mol. The van der Waals surface area contributed by atoms with Crippen LogP contribution in [-0.2, 0) is 17.8 Å². The van der Waals surface area contributed by atoms with Gasteiger partial charge in [-0.05, 0) is 24.1 Å². The molecule has 0 spiro atoms. The summed E-state index contributed by atoms with van der Waals surface area (Å²) in [7, 11) is 0. The van der Waals surface area contributed by atoms with Crippen LogP contribution in [0.1, 0.15) is 28.7 Å². The number of rotatable bonds is 3. The summed E-state index contributed by atoms with van der Waals surface area (Å²) in [5.41, 5.74) is 2.09. The van der Waals surface area contributed by atoms with Crippen molar-refractivity contribution >= 4 is 17.4 Å². The van der Waals surface area contributed by atoms with E-state index in [2.05, 4.69) is 14.7 Å². The van der Waals surface area contributed by atoms with E-state index in [1.54, 1.807) is 12.1 Å². The van der Waals surface area contributed by atoms with E-state index in [-0.39, 0.29) is 6.54 Å². The van der Waals surface area contributed by atoms with Crippen molar-refractivity contribution in [1.82, 2.24) is 10.1 Å². The van der Waals surface area contributed by atoms with E-state index < -0.39 is 11.7 Å². The van der Waals surface area contributed by atoms with Crippen LogP contribution >= 0.6 is 0 Å². The number of carbonyl (C=O) groups is 2. The second kappa shape index (κ2) is 4.31. The van der Waals surface area contributed by atoms with E-state index in [1.165, 1.54) is 11.3 Å². The predicted octanol–water partition coefficient (Wildman–Crippen LogP) is 1.36. The minimum atomic E-state index is -0.548. The van der Waals surface area contributed by atoms with Gasteiger partial charge >= 0.3 is 0 Å². The number of anilines is 1. The molecule has 2 heterocycles. The van der Waals surface area contributed by atoms with Crippen molar-refractivity contribution in [2.45, 2.75) is 19.9 Å². The Morgan fingerprint density at radius 3 is 2.84 bits per heavy atom. The maximum atomic E-state index is 12.0. The molecule has 1 aromatic heterocycles. The molecule has 6 heteroatoms. The predicted molar refractivity (Wildman–Crippen MR) is 65.6 cm³/mol. The lowest BCUT2D eigenvalue weighted by molar-refractivity contribution is -0.114. The van der Waals surface area contributed by atoms with Crippen LogP contribution in [0.25, 0.3) is 0 Å². The molecule has 1 aliphatic rings. The Morgan fingerprint density at radius 2 is 2.16 bits per heavy atom. The second-order valence-corrected chi connectivity index (χ2v) is 4.27. The van der Waals surface area contributed by atoms with Crippen LogP contribution in [0.2, 0.25) is 0 Å². The first-order chi connectivity index (χ1) is 9.20. The monoisotopic (exact) mass is 257 g/mol. The summed E-state index contributed by atoms with van der Waals surface area (Å²) in [4.78, 5) is 29.2. The molecular formula is C13H11N3O3. The molecule has 19 heavy (non-hydrogen) atoms. The molecule has 1 aromatic carbocycles. The normalized spacial score (nSPS) is 14.1. The summed E-state index contributed by atoms with van der Waals surface area (Å²) >= 11 is 0. The van der Waals surface area contributed by atoms with Gasteiger partial charge in [0.15, 0.2) is 5.82 Å². The van der Waals surface area contributed by atoms with Crippen molar-refractivity contribution in [3.8, 4) is 0 Å². The van der Waals surface area contributed by atoms with E-state index in [0.717, 1.165) is 12.0 Å². The number of carbonyl (C=O) groups excluding carboxylic acids is 2.